The fourth-order valence-electron chi connectivity index (χ4n) is 0.474. The van der Waals surface area contributed by atoms with E-state index in [2.05, 4.69) is 10.1 Å². The Kier molecular flexibility index (Phi) is 4.66. The van der Waals surface area contributed by atoms with Crippen LogP contribution in [0, 0.1) is 0 Å². The van der Waals surface area contributed by atoms with Crippen molar-refractivity contribution in [2.75, 3.05) is 13.7 Å². The predicted molar refractivity (Wildman–Crippen MR) is 38.7 cm³/mol. The third-order valence-corrected chi connectivity index (χ3v) is 1.05. The van der Waals surface area contributed by atoms with Crippen molar-refractivity contribution < 1.29 is 9.53 Å². The van der Waals surface area contributed by atoms with Crippen molar-refractivity contribution in [3.05, 3.63) is 0 Å². The first-order chi connectivity index (χ1) is 4.66. The van der Waals surface area contributed by atoms with Crippen LogP contribution in [0.4, 0.5) is 4.79 Å². The van der Waals surface area contributed by atoms with Gasteiger partial charge in [0.1, 0.15) is 0 Å². The molecule has 1 atom stereocenters. The Hall–Kier alpha value is -0.770. The highest BCUT2D eigenvalue weighted by Crippen LogP contribution is 1.82. The molecule has 0 aromatic carbocycles. The van der Waals surface area contributed by atoms with E-state index in [0.717, 1.165) is 6.42 Å². The van der Waals surface area contributed by atoms with Gasteiger partial charge in [-0.05, 0) is 13.3 Å². The monoisotopic (exact) mass is 146 g/mol. The molecular weight excluding hydrogens is 132 g/mol. The average Bonchev–Trinajstić information content (AvgIpc) is 1.87. The summed E-state index contributed by atoms with van der Waals surface area (Å²) in [6.07, 6.45) is 0.371. The standard InChI is InChI=1S/C6H14N2O2/c1-5(7)3-4-8-6(9)10-2/h5H,3-4,7H2,1-2H3,(H,8,9). The molecule has 0 radical (unpaired) electrons. The van der Waals surface area contributed by atoms with Gasteiger partial charge < -0.3 is 15.8 Å². The number of ether oxygens (including phenoxy) is 1. The van der Waals surface area contributed by atoms with Gasteiger partial charge in [0, 0.05) is 12.6 Å². The van der Waals surface area contributed by atoms with Crippen molar-refractivity contribution in [1.29, 1.82) is 0 Å². The Morgan fingerprint density at radius 3 is 2.80 bits per heavy atom. The van der Waals surface area contributed by atoms with Crippen molar-refractivity contribution in [2.24, 2.45) is 5.73 Å². The molecule has 0 aliphatic carbocycles. The molecule has 0 aromatic rings. The number of carbonyl (C=O) groups excluding carboxylic acids is 1. The molecule has 4 nitrogen and oxygen atoms in total. The number of rotatable bonds is 3. The minimum absolute atomic E-state index is 0.122. The van der Waals surface area contributed by atoms with Crippen LogP contribution in [0.2, 0.25) is 0 Å². The topological polar surface area (TPSA) is 64.3 Å². The smallest absolute Gasteiger partial charge is 0.406 e. The number of methoxy groups -OCH3 is 1. The van der Waals surface area contributed by atoms with Crippen LogP contribution in [-0.2, 0) is 4.74 Å². The molecule has 0 saturated heterocycles. The van der Waals surface area contributed by atoms with E-state index < -0.39 is 6.09 Å². The van der Waals surface area contributed by atoms with E-state index in [-0.39, 0.29) is 6.04 Å². The van der Waals surface area contributed by atoms with Gasteiger partial charge in [-0.15, -0.1) is 0 Å². The second-order valence-electron chi connectivity index (χ2n) is 2.18. The maximum absolute atomic E-state index is 10.4. The first-order valence-corrected chi connectivity index (χ1v) is 3.24. The molecule has 60 valence electrons. The van der Waals surface area contributed by atoms with Crippen LogP contribution >= 0.6 is 0 Å². The van der Waals surface area contributed by atoms with E-state index >= 15 is 0 Å². The molecule has 0 fully saturated rings. The van der Waals surface area contributed by atoms with Gasteiger partial charge in [-0.3, -0.25) is 0 Å². The Morgan fingerprint density at radius 2 is 2.40 bits per heavy atom. The average molecular weight is 146 g/mol. The largest absolute Gasteiger partial charge is 0.453 e. The van der Waals surface area contributed by atoms with Crippen LogP contribution in [0.5, 0.6) is 0 Å². The Bertz CT molecular complexity index is 104. The molecule has 0 rings (SSSR count). The molecule has 0 aliphatic heterocycles. The molecule has 1 unspecified atom stereocenters. The maximum Gasteiger partial charge on any atom is 0.406 e. The predicted octanol–water partition coefficient (Wildman–Crippen LogP) is 0.0797. The fraction of sp³-hybridized carbons (Fsp3) is 0.833. The summed E-state index contributed by atoms with van der Waals surface area (Å²) in [6.45, 7) is 2.46. The molecule has 0 aliphatic rings. The maximum atomic E-state index is 10.4. The van der Waals surface area contributed by atoms with Crippen molar-refractivity contribution >= 4 is 6.09 Å². The number of nitrogens with one attached hydrogen (secondary N) is 1. The van der Waals surface area contributed by atoms with Crippen LogP contribution in [0.25, 0.3) is 0 Å². The Labute approximate surface area is 60.7 Å². The molecular formula is C6H14N2O2. The summed E-state index contributed by atoms with van der Waals surface area (Å²) in [5.41, 5.74) is 5.43. The van der Waals surface area contributed by atoms with E-state index in [4.69, 9.17) is 5.73 Å². The van der Waals surface area contributed by atoms with E-state index in [9.17, 15) is 4.79 Å². The van der Waals surface area contributed by atoms with Crippen LogP contribution in [0.3, 0.4) is 0 Å². The highest BCUT2D eigenvalue weighted by molar-refractivity contribution is 5.66. The fourth-order valence-corrected chi connectivity index (χ4v) is 0.474. The van der Waals surface area contributed by atoms with Gasteiger partial charge in [-0.25, -0.2) is 4.79 Å². The Balaban J connectivity index is 3.12. The third-order valence-electron chi connectivity index (χ3n) is 1.05. The van der Waals surface area contributed by atoms with Gasteiger partial charge in [0.2, 0.25) is 0 Å². The molecule has 0 saturated carbocycles. The quantitative estimate of drug-likeness (QED) is 0.592. The first-order valence-electron chi connectivity index (χ1n) is 3.24. The lowest BCUT2D eigenvalue weighted by molar-refractivity contribution is 0.171. The summed E-state index contributed by atoms with van der Waals surface area (Å²) in [6, 6.07) is 0.122. The van der Waals surface area contributed by atoms with Crippen LogP contribution in [-0.4, -0.2) is 25.8 Å². The summed E-state index contributed by atoms with van der Waals surface area (Å²) in [4.78, 5) is 10.4. The zero-order valence-corrected chi connectivity index (χ0v) is 6.39. The van der Waals surface area contributed by atoms with Crippen molar-refractivity contribution in [3.8, 4) is 0 Å². The van der Waals surface area contributed by atoms with Crippen molar-refractivity contribution in [1.82, 2.24) is 5.32 Å². The third kappa shape index (κ3) is 5.37. The van der Waals surface area contributed by atoms with Crippen molar-refractivity contribution in [2.45, 2.75) is 19.4 Å². The van der Waals surface area contributed by atoms with Crippen LogP contribution in [0.15, 0.2) is 0 Å². The number of hydrogen-bond donors (Lipinski definition) is 2. The first kappa shape index (κ1) is 9.23. The zero-order valence-electron chi connectivity index (χ0n) is 6.39. The lowest BCUT2D eigenvalue weighted by Crippen LogP contribution is -2.28. The summed E-state index contributed by atoms with van der Waals surface area (Å²) in [5, 5.41) is 2.52. The van der Waals surface area contributed by atoms with Gasteiger partial charge >= 0.3 is 6.09 Å². The normalized spacial score (nSPS) is 12.3. The van der Waals surface area contributed by atoms with E-state index in [1.165, 1.54) is 7.11 Å². The lowest BCUT2D eigenvalue weighted by atomic mass is 10.2. The van der Waals surface area contributed by atoms with Gasteiger partial charge in [0.05, 0.1) is 7.11 Å². The number of hydrogen-bond acceptors (Lipinski definition) is 3. The summed E-state index contributed by atoms with van der Waals surface area (Å²) in [7, 11) is 1.33. The van der Waals surface area contributed by atoms with E-state index in [0.29, 0.717) is 6.54 Å². The number of carbonyl (C=O) groups is 1. The lowest BCUT2D eigenvalue weighted by Gasteiger charge is -2.04. The van der Waals surface area contributed by atoms with Gasteiger partial charge in [-0.2, -0.15) is 0 Å². The number of amides is 1. The number of nitrogens with two attached hydrogens (primary N) is 1. The van der Waals surface area contributed by atoms with Gasteiger partial charge in [-0.1, -0.05) is 0 Å². The molecule has 4 heteroatoms. The molecule has 0 heterocycles. The van der Waals surface area contributed by atoms with Crippen molar-refractivity contribution in [3.63, 3.8) is 0 Å². The molecule has 0 bridgehead atoms. The highest BCUT2D eigenvalue weighted by Gasteiger charge is 1.97. The molecule has 1 amide bonds. The molecule has 0 spiro atoms. The minimum atomic E-state index is -0.402. The van der Waals surface area contributed by atoms with Crippen LogP contribution in [0.1, 0.15) is 13.3 Å². The molecule has 0 aromatic heterocycles. The molecule has 3 N–H and O–H groups in total. The molecule has 10 heavy (non-hydrogen) atoms. The van der Waals surface area contributed by atoms with E-state index in [1.807, 2.05) is 6.92 Å². The van der Waals surface area contributed by atoms with Gasteiger partial charge in [0.15, 0.2) is 0 Å². The zero-order chi connectivity index (χ0) is 7.98. The second-order valence-corrected chi connectivity index (χ2v) is 2.18. The van der Waals surface area contributed by atoms with Gasteiger partial charge in [0.25, 0.3) is 0 Å². The highest BCUT2D eigenvalue weighted by atomic mass is 16.5. The summed E-state index contributed by atoms with van der Waals surface area (Å²) >= 11 is 0. The SMILES string of the molecule is COC(=O)NCCC(C)N. The second kappa shape index (κ2) is 5.05. The van der Waals surface area contributed by atoms with Crippen LogP contribution < -0.4 is 11.1 Å². The Morgan fingerprint density at radius 1 is 1.80 bits per heavy atom. The minimum Gasteiger partial charge on any atom is -0.453 e. The summed E-state index contributed by atoms with van der Waals surface area (Å²) in [5.74, 6) is 0. The van der Waals surface area contributed by atoms with E-state index in [1.54, 1.807) is 0 Å². The number of alkyl carbamates (subject to hydrolysis) is 1. The summed E-state index contributed by atoms with van der Waals surface area (Å²) < 4.78 is 4.34.